The highest BCUT2D eigenvalue weighted by atomic mass is 32.1. The van der Waals surface area contributed by atoms with Crippen molar-refractivity contribution in [2.75, 3.05) is 33.8 Å². The van der Waals surface area contributed by atoms with Crippen LogP contribution in [-0.4, -0.2) is 44.4 Å². The lowest BCUT2D eigenvalue weighted by Crippen LogP contribution is -2.34. The lowest BCUT2D eigenvalue weighted by atomic mass is 10.1. The Hall–Kier alpha value is -3.37. The average molecular weight is 460 g/mol. The van der Waals surface area contributed by atoms with E-state index in [0.717, 1.165) is 11.3 Å². The molecule has 0 aliphatic carbocycles. The van der Waals surface area contributed by atoms with Gasteiger partial charge in [-0.15, -0.1) is 11.3 Å². The number of aromatic nitrogens is 1. The molecule has 0 radical (unpaired) electrons. The van der Waals surface area contributed by atoms with Gasteiger partial charge in [-0.25, -0.2) is 4.98 Å². The summed E-state index contributed by atoms with van der Waals surface area (Å²) >= 11 is 6.61. The summed E-state index contributed by atoms with van der Waals surface area (Å²) in [4.78, 5) is 17.0. The number of thiazole rings is 1. The van der Waals surface area contributed by atoms with Gasteiger partial charge in [-0.3, -0.25) is 10.1 Å². The Labute approximate surface area is 189 Å². The predicted octanol–water partition coefficient (Wildman–Crippen LogP) is 3.97. The molecule has 1 heterocycles. The Morgan fingerprint density at radius 2 is 1.52 bits per heavy atom. The number of hydrogen-bond acceptors (Lipinski definition) is 8. The topological polar surface area (TPSA) is 90.9 Å². The van der Waals surface area contributed by atoms with Crippen molar-refractivity contribution < 1.29 is 23.7 Å². The molecule has 162 valence electrons. The number of rotatable bonds is 7. The molecule has 0 bridgehead atoms. The van der Waals surface area contributed by atoms with Crippen molar-refractivity contribution in [3.05, 3.63) is 47.3 Å². The van der Waals surface area contributed by atoms with Crippen LogP contribution in [0.15, 0.2) is 41.8 Å². The van der Waals surface area contributed by atoms with Gasteiger partial charge in [-0.05, 0) is 48.6 Å². The third-order valence-corrected chi connectivity index (χ3v) is 5.24. The fraction of sp³-hybridized carbons (Fsp3) is 0.190. The molecule has 31 heavy (non-hydrogen) atoms. The van der Waals surface area contributed by atoms with Gasteiger partial charge in [-0.1, -0.05) is 0 Å². The first kappa shape index (κ1) is 22.3. The smallest absolute Gasteiger partial charge is 0.257 e. The zero-order valence-corrected chi connectivity index (χ0v) is 19.0. The Balaban J connectivity index is 1.67. The minimum atomic E-state index is -0.380. The molecule has 0 spiro atoms. The van der Waals surface area contributed by atoms with E-state index in [2.05, 4.69) is 15.6 Å². The molecule has 1 aromatic heterocycles. The standard InChI is InChI=1S/C21H21N3O5S2/c1-26-15-7-5-12(9-17(15)28-3)14-11-31-21(22-14)24-20(30)23-19(25)13-6-8-16(27-2)18(10-13)29-4/h5-11H,1-4H3,(H2,22,23,24,25,30). The van der Waals surface area contributed by atoms with E-state index in [1.807, 2.05) is 23.6 Å². The second-order valence-electron chi connectivity index (χ2n) is 6.09. The first-order valence-corrected chi connectivity index (χ1v) is 10.3. The minimum absolute atomic E-state index is 0.132. The number of nitrogens with zero attached hydrogens (tertiary/aromatic N) is 1. The summed E-state index contributed by atoms with van der Waals surface area (Å²) in [7, 11) is 6.19. The highest BCUT2D eigenvalue weighted by molar-refractivity contribution is 7.80. The van der Waals surface area contributed by atoms with E-state index >= 15 is 0 Å². The molecule has 3 aromatic rings. The Bertz CT molecular complexity index is 1100. The summed E-state index contributed by atoms with van der Waals surface area (Å²) in [6.45, 7) is 0. The summed E-state index contributed by atoms with van der Waals surface area (Å²) in [5, 5.41) is 8.11. The van der Waals surface area contributed by atoms with Crippen LogP contribution in [0.5, 0.6) is 23.0 Å². The Morgan fingerprint density at radius 3 is 2.16 bits per heavy atom. The zero-order chi connectivity index (χ0) is 22.4. The van der Waals surface area contributed by atoms with E-state index in [-0.39, 0.29) is 11.0 Å². The van der Waals surface area contributed by atoms with Crippen molar-refractivity contribution in [2.45, 2.75) is 0 Å². The average Bonchev–Trinajstić information content (AvgIpc) is 3.26. The van der Waals surface area contributed by atoms with Gasteiger partial charge in [0, 0.05) is 16.5 Å². The second kappa shape index (κ2) is 10.1. The van der Waals surface area contributed by atoms with Gasteiger partial charge in [0.2, 0.25) is 0 Å². The van der Waals surface area contributed by atoms with Crippen molar-refractivity contribution in [3.8, 4) is 34.3 Å². The van der Waals surface area contributed by atoms with Gasteiger partial charge in [0.05, 0.1) is 34.1 Å². The summed E-state index contributed by atoms with van der Waals surface area (Å²) in [6, 6.07) is 10.4. The van der Waals surface area contributed by atoms with E-state index in [9.17, 15) is 4.79 Å². The van der Waals surface area contributed by atoms with Gasteiger partial charge in [0.15, 0.2) is 33.2 Å². The van der Waals surface area contributed by atoms with Crippen LogP contribution in [0.1, 0.15) is 10.4 Å². The molecular weight excluding hydrogens is 438 g/mol. The van der Waals surface area contributed by atoms with E-state index < -0.39 is 0 Å². The maximum Gasteiger partial charge on any atom is 0.257 e. The summed E-state index contributed by atoms with van der Waals surface area (Å²) < 4.78 is 21.0. The molecule has 0 fully saturated rings. The molecule has 1 amide bonds. The number of benzene rings is 2. The molecule has 8 nitrogen and oxygen atoms in total. The van der Waals surface area contributed by atoms with Crippen LogP contribution < -0.4 is 29.6 Å². The maximum atomic E-state index is 12.5. The van der Waals surface area contributed by atoms with E-state index in [0.29, 0.717) is 33.7 Å². The van der Waals surface area contributed by atoms with Crippen molar-refractivity contribution in [1.29, 1.82) is 0 Å². The predicted molar refractivity (Wildman–Crippen MR) is 124 cm³/mol. The molecule has 0 unspecified atom stereocenters. The molecule has 0 atom stereocenters. The van der Waals surface area contributed by atoms with Crippen LogP contribution >= 0.6 is 23.6 Å². The van der Waals surface area contributed by atoms with Crippen LogP contribution in [0.2, 0.25) is 0 Å². The number of anilines is 1. The highest BCUT2D eigenvalue weighted by Crippen LogP contribution is 2.33. The van der Waals surface area contributed by atoms with Gasteiger partial charge >= 0.3 is 0 Å². The SMILES string of the molecule is COc1ccc(C(=O)NC(=S)Nc2nc(-c3ccc(OC)c(OC)c3)cs2)cc1OC. The molecule has 3 rings (SSSR count). The zero-order valence-electron chi connectivity index (χ0n) is 17.3. The van der Waals surface area contributed by atoms with Crippen LogP contribution in [-0.2, 0) is 0 Å². The van der Waals surface area contributed by atoms with Crippen LogP contribution in [0.25, 0.3) is 11.3 Å². The van der Waals surface area contributed by atoms with Crippen LogP contribution in [0.3, 0.4) is 0 Å². The largest absolute Gasteiger partial charge is 0.493 e. The lowest BCUT2D eigenvalue weighted by Gasteiger charge is -2.10. The number of nitrogens with one attached hydrogen (secondary N) is 2. The summed E-state index contributed by atoms with van der Waals surface area (Å²) in [5.74, 6) is 1.85. The maximum absolute atomic E-state index is 12.5. The van der Waals surface area contributed by atoms with Gasteiger partial charge in [0.1, 0.15) is 0 Å². The molecule has 2 aromatic carbocycles. The Kier molecular flexibility index (Phi) is 7.27. The number of carbonyl (C=O) groups is 1. The number of thiocarbonyl (C=S) groups is 1. The molecule has 2 N–H and O–H groups in total. The van der Waals surface area contributed by atoms with E-state index in [1.54, 1.807) is 32.4 Å². The first-order chi connectivity index (χ1) is 15.0. The van der Waals surface area contributed by atoms with Gasteiger partial charge in [0.25, 0.3) is 5.91 Å². The second-order valence-corrected chi connectivity index (χ2v) is 7.35. The van der Waals surface area contributed by atoms with E-state index in [4.69, 9.17) is 31.2 Å². The number of ether oxygens (including phenoxy) is 4. The third kappa shape index (κ3) is 5.22. The number of methoxy groups -OCH3 is 4. The van der Waals surface area contributed by atoms with Gasteiger partial charge < -0.3 is 24.3 Å². The van der Waals surface area contributed by atoms with Crippen molar-refractivity contribution in [2.24, 2.45) is 0 Å². The quantitative estimate of drug-likeness (QED) is 0.513. The molecular formula is C21H21N3O5S2. The Morgan fingerprint density at radius 1 is 0.903 bits per heavy atom. The lowest BCUT2D eigenvalue weighted by molar-refractivity contribution is 0.0977. The first-order valence-electron chi connectivity index (χ1n) is 9.01. The normalized spacial score (nSPS) is 10.2. The van der Waals surface area contributed by atoms with Crippen LogP contribution in [0.4, 0.5) is 5.13 Å². The molecule has 0 aliphatic rings. The summed E-state index contributed by atoms with van der Waals surface area (Å²) in [6.07, 6.45) is 0. The van der Waals surface area contributed by atoms with Crippen molar-refractivity contribution >= 4 is 39.7 Å². The number of hydrogen-bond donors (Lipinski definition) is 2. The number of amides is 1. The van der Waals surface area contributed by atoms with Crippen LogP contribution in [0, 0.1) is 0 Å². The van der Waals surface area contributed by atoms with E-state index in [1.165, 1.54) is 25.6 Å². The fourth-order valence-corrected chi connectivity index (χ4v) is 3.72. The van der Waals surface area contributed by atoms with Crippen molar-refractivity contribution in [3.63, 3.8) is 0 Å². The number of carbonyl (C=O) groups excluding carboxylic acids is 1. The van der Waals surface area contributed by atoms with Crippen molar-refractivity contribution in [1.82, 2.24) is 10.3 Å². The molecule has 0 aliphatic heterocycles. The highest BCUT2D eigenvalue weighted by Gasteiger charge is 2.14. The third-order valence-electron chi connectivity index (χ3n) is 4.28. The molecule has 10 heteroatoms. The minimum Gasteiger partial charge on any atom is -0.493 e. The summed E-state index contributed by atoms with van der Waals surface area (Å²) in [5.41, 5.74) is 1.98. The fourth-order valence-electron chi connectivity index (χ4n) is 2.74. The molecule has 0 saturated heterocycles. The van der Waals surface area contributed by atoms with Gasteiger partial charge in [-0.2, -0.15) is 0 Å². The molecule has 0 saturated carbocycles. The monoisotopic (exact) mass is 459 g/mol.